The van der Waals surface area contributed by atoms with Gasteiger partial charge in [-0.2, -0.15) is 0 Å². The van der Waals surface area contributed by atoms with Gasteiger partial charge in [-0.25, -0.2) is 9.13 Å². The Kier molecular flexibility index (Phi) is 67.0. The van der Waals surface area contributed by atoms with Crippen molar-refractivity contribution in [2.24, 2.45) is 0 Å². The van der Waals surface area contributed by atoms with E-state index in [-0.39, 0.29) is 25.7 Å². The van der Waals surface area contributed by atoms with Gasteiger partial charge in [0.25, 0.3) is 0 Å². The predicted molar refractivity (Wildman–Crippen MR) is 390 cm³/mol. The zero-order chi connectivity index (χ0) is 70.4. The number of rotatable bonds is 71. The molecule has 0 aliphatic heterocycles. The molecule has 17 nitrogen and oxygen atoms in total. The van der Waals surface area contributed by atoms with Gasteiger partial charge in [0, 0.05) is 25.7 Å². The number of carbonyl (C=O) groups is 4. The Morgan fingerprint density at radius 3 is 0.854 bits per heavy atom. The molecule has 0 bridgehead atoms. The van der Waals surface area contributed by atoms with Crippen molar-refractivity contribution in [3.63, 3.8) is 0 Å². The van der Waals surface area contributed by atoms with Gasteiger partial charge in [0.15, 0.2) is 12.2 Å². The number of carbonyl (C=O) groups excluding carboxylic acids is 4. The molecule has 0 saturated heterocycles. The van der Waals surface area contributed by atoms with E-state index in [0.717, 1.165) is 141 Å². The second-order valence-electron chi connectivity index (χ2n) is 25.2. The molecule has 0 heterocycles. The van der Waals surface area contributed by atoms with Gasteiger partial charge in [0.1, 0.15) is 19.3 Å². The molecule has 0 rings (SSSR count). The van der Waals surface area contributed by atoms with Gasteiger partial charge in [0.2, 0.25) is 0 Å². The SMILES string of the molecule is CCCCC/C=C\C/C=C\C/C=C\C/C=C\CCCC(=O)OC[C@H](COP(=O)(O)OC[C@H](O)COP(=O)(O)OC[C@@H](COC(=O)CCCCCCC/C=C\CCCCCC)OC(=O)CCCCCCC/C=C\CCCCCC)OC(=O)CCCCCCC/C=C\CCCCCC. The van der Waals surface area contributed by atoms with Gasteiger partial charge in [-0.3, -0.25) is 37.3 Å². The number of phosphoric acid groups is 2. The van der Waals surface area contributed by atoms with Crippen molar-refractivity contribution in [1.82, 2.24) is 0 Å². The highest BCUT2D eigenvalue weighted by Crippen LogP contribution is 2.45. The van der Waals surface area contributed by atoms with Crippen molar-refractivity contribution in [3.8, 4) is 0 Å². The van der Waals surface area contributed by atoms with Crippen LogP contribution >= 0.6 is 15.6 Å². The van der Waals surface area contributed by atoms with Crippen LogP contribution in [0, 0.1) is 0 Å². The van der Waals surface area contributed by atoms with E-state index in [4.69, 9.17) is 37.0 Å². The third-order valence-corrected chi connectivity index (χ3v) is 17.7. The molecular weight excluding hydrogens is 1260 g/mol. The maximum Gasteiger partial charge on any atom is 0.472 e. The first-order valence-corrected chi connectivity index (χ1v) is 40.8. The zero-order valence-corrected chi connectivity index (χ0v) is 62.3. The Morgan fingerprint density at radius 1 is 0.292 bits per heavy atom. The lowest BCUT2D eigenvalue weighted by Crippen LogP contribution is -2.30. The minimum Gasteiger partial charge on any atom is -0.462 e. The van der Waals surface area contributed by atoms with Crippen LogP contribution in [0.1, 0.15) is 323 Å². The van der Waals surface area contributed by atoms with Gasteiger partial charge in [-0.15, -0.1) is 0 Å². The molecule has 0 aromatic rings. The van der Waals surface area contributed by atoms with Crippen LogP contribution in [0.5, 0.6) is 0 Å². The van der Waals surface area contributed by atoms with E-state index in [1.54, 1.807) is 0 Å². The third-order valence-electron chi connectivity index (χ3n) is 15.8. The fourth-order valence-corrected chi connectivity index (χ4v) is 11.5. The van der Waals surface area contributed by atoms with Gasteiger partial charge in [-0.1, -0.05) is 241 Å². The average molecular weight is 1400 g/mol. The molecule has 0 aliphatic rings. The van der Waals surface area contributed by atoms with E-state index < -0.39 is 97.5 Å². The smallest absolute Gasteiger partial charge is 0.462 e. The first-order chi connectivity index (χ1) is 46.7. The summed E-state index contributed by atoms with van der Waals surface area (Å²) in [5.41, 5.74) is 0. The molecule has 2 unspecified atom stereocenters. The third kappa shape index (κ3) is 68.8. The number of hydrogen-bond acceptors (Lipinski definition) is 15. The van der Waals surface area contributed by atoms with Crippen LogP contribution in [0.4, 0.5) is 0 Å². The van der Waals surface area contributed by atoms with Crippen LogP contribution in [0.15, 0.2) is 85.1 Å². The quantitative estimate of drug-likeness (QED) is 0.0169. The van der Waals surface area contributed by atoms with Crippen LogP contribution in [0.2, 0.25) is 0 Å². The molecule has 0 aliphatic carbocycles. The normalized spacial score (nSPS) is 14.4. The molecule has 19 heteroatoms. The summed E-state index contributed by atoms with van der Waals surface area (Å²) in [4.78, 5) is 72.7. The molecule has 556 valence electrons. The molecular formula is C77H136O17P2. The molecule has 0 radical (unpaired) electrons. The van der Waals surface area contributed by atoms with Gasteiger partial charge in [0.05, 0.1) is 26.4 Å². The Balaban J connectivity index is 5.38. The number of aliphatic hydroxyl groups is 1. The lowest BCUT2D eigenvalue weighted by Gasteiger charge is -2.21. The summed E-state index contributed by atoms with van der Waals surface area (Å²) >= 11 is 0. The molecule has 0 spiro atoms. The van der Waals surface area contributed by atoms with E-state index >= 15 is 0 Å². The summed E-state index contributed by atoms with van der Waals surface area (Å²) in [5, 5.41) is 10.6. The number of phosphoric ester groups is 2. The number of ether oxygens (including phenoxy) is 4. The fraction of sp³-hybridized carbons (Fsp3) is 0.766. The van der Waals surface area contributed by atoms with Crippen LogP contribution in [-0.2, 0) is 65.4 Å². The van der Waals surface area contributed by atoms with Crippen LogP contribution in [-0.4, -0.2) is 96.7 Å². The maximum atomic E-state index is 13.1. The number of esters is 4. The molecule has 0 aromatic carbocycles. The number of allylic oxidation sites excluding steroid dienone is 14. The number of hydrogen-bond donors (Lipinski definition) is 3. The van der Waals surface area contributed by atoms with Crippen molar-refractivity contribution in [2.75, 3.05) is 39.6 Å². The highest BCUT2D eigenvalue weighted by atomic mass is 31.2. The zero-order valence-electron chi connectivity index (χ0n) is 60.5. The fourth-order valence-electron chi connectivity index (χ4n) is 9.96. The minimum atomic E-state index is -4.98. The van der Waals surface area contributed by atoms with Crippen molar-refractivity contribution in [2.45, 2.75) is 341 Å². The molecule has 96 heavy (non-hydrogen) atoms. The summed E-state index contributed by atoms with van der Waals surface area (Å²) in [6.07, 6.45) is 70.1. The molecule has 3 N–H and O–H groups in total. The lowest BCUT2D eigenvalue weighted by molar-refractivity contribution is -0.161. The lowest BCUT2D eigenvalue weighted by atomic mass is 10.1. The minimum absolute atomic E-state index is 0.0741. The van der Waals surface area contributed by atoms with Crippen LogP contribution in [0.25, 0.3) is 0 Å². The van der Waals surface area contributed by atoms with Crippen molar-refractivity contribution < 1.29 is 80.2 Å². The predicted octanol–water partition coefficient (Wildman–Crippen LogP) is 21.4. The first-order valence-electron chi connectivity index (χ1n) is 37.8. The second kappa shape index (κ2) is 69.7. The maximum absolute atomic E-state index is 13.1. The molecule has 0 saturated carbocycles. The Bertz CT molecular complexity index is 2160. The van der Waals surface area contributed by atoms with E-state index in [1.807, 2.05) is 12.2 Å². The first kappa shape index (κ1) is 92.2. The summed E-state index contributed by atoms with van der Waals surface area (Å²) in [7, 11) is -9.96. The van der Waals surface area contributed by atoms with E-state index in [2.05, 4.69) is 101 Å². The summed E-state index contributed by atoms with van der Waals surface area (Å²) in [6.45, 7) is 4.73. The standard InChI is InChI=1S/C77H136O17P2/c1-5-9-13-17-21-25-29-33-34-35-36-40-42-46-50-54-58-62-75(80)88-68-73(94-77(82)64-60-56-52-48-44-39-32-28-24-20-16-12-8-4)70-92-96(85,86)90-66-71(78)65-89-95(83,84)91-69-72(93-76(81)63-59-55-51-47-43-38-31-27-23-19-15-11-7-3)67-87-74(79)61-57-53-49-45-41-37-30-26-22-18-14-10-6-2/h21,25-28,30-34,36,40,46,50,71-73,78H,5-20,22-24,29,35,37-39,41-45,47-49,51-70H2,1-4H3,(H,83,84)(H,85,86)/b25-21-,30-26-,31-27-,32-28-,34-33-,40-36-,50-46-/t71-,72-,73-/m1/s1. The molecule has 0 amide bonds. The van der Waals surface area contributed by atoms with Gasteiger partial charge in [-0.05, 0) is 141 Å². The van der Waals surface area contributed by atoms with E-state index in [1.165, 1.54) is 96.3 Å². The highest BCUT2D eigenvalue weighted by Gasteiger charge is 2.30. The topological polar surface area (TPSA) is 237 Å². The number of unbranched alkanes of at least 4 members (excludes halogenated alkanes) is 31. The largest absolute Gasteiger partial charge is 0.472 e. The average Bonchev–Trinajstić information content (AvgIpc) is 3.12. The van der Waals surface area contributed by atoms with E-state index in [9.17, 15) is 43.2 Å². The second-order valence-corrected chi connectivity index (χ2v) is 28.1. The Hall–Kier alpha value is -3.76. The van der Waals surface area contributed by atoms with Crippen molar-refractivity contribution in [3.05, 3.63) is 85.1 Å². The van der Waals surface area contributed by atoms with Crippen molar-refractivity contribution in [1.29, 1.82) is 0 Å². The molecule has 0 aromatic heterocycles. The van der Waals surface area contributed by atoms with E-state index in [0.29, 0.717) is 32.1 Å². The number of aliphatic hydroxyl groups excluding tert-OH is 1. The summed E-state index contributed by atoms with van der Waals surface area (Å²) in [5.74, 6) is -2.25. The Labute approximate surface area is 583 Å². The highest BCUT2D eigenvalue weighted by molar-refractivity contribution is 7.47. The van der Waals surface area contributed by atoms with Crippen LogP contribution < -0.4 is 0 Å². The summed E-state index contributed by atoms with van der Waals surface area (Å²) < 4.78 is 68.3. The monoisotopic (exact) mass is 1390 g/mol. The summed E-state index contributed by atoms with van der Waals surface area (Å²) in [6, 6.07) is 0. The van der Waals surface area contributed by atoms with Crippen LogP contribution in [0.3, 0.4) is 0 Å². The van der Waals surface area contributed by atoms with Gasteiger partial charge >= 0.3 is 39.5 Å². The molecule has 5 atom stereocenters. The van der Waals surface area contributed by atoms with Crippen molar-refractivity contribution >= 4 is 39.5 Å². The Morgan fingerprint density at radius 2 is 0.521 bits per heavy atom. The molecule has 0 fully saturated rings. The van der Waals surface area contributed by atoms with Gasteiger partial charge < -0.3 is 33.8 Å².